The van der Waals surface area contributed by atoms with Crippen LogP contribution in [0.1, 0.15) is 31.7 Å². The SMILES string of the molecule is CCc1nnc(N(C)C2CCN(c3ccccc3Cl)C2=O)nc1CC. The Morgan fingerprint density at radius 2 is 1.92 bits per heavy atom. The van der Waals surface area contributed by atoms with Gasteiger partial charge in [-0.25, -0.2) is 4.98 Å². The zero-order valence-corrected chi connectivity index (χ0v) is 15.5. The maximum absolute atomic E-state index is 12.9. The molecule has 0 saturated carbocycles. The fourth-order valence-corrected chi connectivity index (χ4v) is 3.39. The summed E-state index contributed by atoms with van der Waals surface area (Å²) >= 11 is 6.24. The molecule has 1 aliphatic heterocycles. The number of nitrogens with zero attached hydrogens (tertiary/aromatic N) is 5. The van der Waals surface area contributed by atoms with Gasteiger partial charge in [0.05, 0.1) is 22.1 Å². The molecule has 3 rings (SSSR count). The minimum atomic E-state index is -0.310. The summed E-state index contributed by atoms with van der Waals surface area (Å²) in [6, 6.07) is 7.10. The Hall–Kier alpha value is -2.21. The second-order valence-corrected chi connectivity index (χ2v) is 6.48. The van der Waals surface area contributed by atoms with E-state index >= 15 is 0 Å². The second-order valence-electron chi connectivity index (χ2n) is 6.07. The maximum atomic E-state index is 12.9. The lowest BCUT2D eigenvalue weighted by atomic mass is 10.2. The number of likely N-dealkylation sites (N-methyl/N-ethyl adjacent to an activating group) is 1. The van der Waals surface area contributed by atoms with E-state index in [1.807, 2.05) is 44.0 Å². The normalized spacial score (nSPS) is 17.2. The predicted molar refractivity (Wildman–Crippen MR) is 99.2 cm³/mol. The van der Waals surface area contributed by atoms with Gasteiger partial charge in [-0.05, 0) is 31.4 Å². The zero-order chi connectivity index (χ0) is 18.0. The van der Waals surface area contributed by atoms with Crippen LogP contribution in [0.15, 0.2) is 24.3 Å². The second kappa shape index (κ2) is 7.35. The van der Waals surface area contributed by atoms with Gasteiger partial charge in [-0.2, -0.15) is 5.10 Å². The molecule has 1 atom stereocenters. The minimum absolute atomic E-state index is 0.0109. The molecule has 1 aliphatic rings. The van der Waals surface area contributed by atoms with Crippen LogP contribution in [0.4, 0.5) is 11.6 Å². The Bertz CT molecular complexity index is 782. The molecule has 0 aliphatic carbocycles. The number of carbonyl (C=O) groups is 1. The fraction of sp³-hybridized carbons (Fsp3) is 0.444. The molecule has 1 aromatic heterocycles. The van der Waals surface area contributed by atoms with Crippen molar-refractivity contribution in [2.24, 2.45) is 0 Å². The van der Waals surface area contributed by atoms with Crippen LogP contribution in [0.2, 0.25) is 5.02 Å². The number of halogens is 1. The third-order valence-electron chi connectivity index (χ3n) is 4.60. The summed E-state index contributed by atoms with van der Waals surface area (Å²) in [6.45, 7) is 4.71. The first-order chi connectivity index (χ1) is 12.1. The van der Waals surface area contributed by atoms with Crippen LogP contribution in [0.5, 0.6) is 0 Å². The van der Waals surface area contributed by atoms with Crippen molar-refractivity contribution in [2.75, 3.05) is 23.4 Å². The molecule has 0 spiro atoms. The first kappa shape index (κ1) is 17.6. The maximum Gasteiger partial charge on any atom is 0.249 e. The van der Waals surface area contributed by atoms with Crippen molar-refractivity contribution in [2.45, 2.75) is 39.2 Å². The van der Waals surface area contributed by atoms with E-state index in [9.17, 15) is 4.79 Å². The molecule has 0 N–H and O–H groups in total. The topological polar surface area (TPSA) is 62.2 Å². The predicted octanol–water partition coefficient (Wildman–Crippen LogP) is 2.89. The van der Waals surface area contributed by atoms with Crippen LogP contribution in [0.3, 0.4) is 0 Å². The average Bonchev–Trinajstić information content (AvgIpc) is 3.02. The lowest BCUT2D eigenvalue weighted by Gasteiger charge is -2.24. The summed E-state index contributed by atoms with van der Waals surface area (Å²) in [5, 5.41) is 9.08. The van der Waals surface area contributed by atoms with E-state index < -0.39 is 0 Å². The molecule has 2 heterocycles. The average molecular weight is 360 g/mol. The van der Waals surface area contributed by atoms with Crippen LogP contribution in [0.25, 0.3) is 0 Å². The molecule has 25 heavy (non-hydrogen) atoms. The van der Waals surface area contributed by atoms with Crippen molar-refractivity contribution in [3.05, 3.63) is 40.7 Å². The number of para-hydroxylation sites is 1. The molecule has 1 amide bonds. The van der Waals surface area contributed by atoms with Crippen molar-refractivity contribution in [3.63, 3.8) is 0 Å². The molecule has 1 saturated heterocycles. The van der Waals surface area contributed by atoms with Crippen molar-refractivity contribution >= 4 is 29.1 Å². The van der Waals surface area contributed by atoms with Crippen molar-refractivity contribution in [1.29, 1.82) is 0 Å². The summed E-state index contributed by atoms with van der Waals surface area (Å²) in [7, 11) is 1.85. The number of hydrogen-bond acceptors (Lipinski definition) is 5. The van der Waals surface area contributed by atoms with Crippen molar-refractivity contribution in [1.82, 2.24) is 15.2 Å². The highest BCUT2D eigenvalue weighted by atomic mass is 35.5. The molecule has 2 aromatic rings. The Kier molecular flexibility index (Phi) is 5.18. The third-order valence-corrected chi connectivity index (χ3v) is 4.92. The van der Waals surface area contributed by atoms with Crippen molar-refractivity contribution < 1.29 is 4.79 Å². The Balaban J connectivity index is 1.83. The van der Waals surface area contributed by atoms with Gasteiger partial charge in [0.15, 0.2) is 0 Å². The zero-order valence-electron chi connectivity index (χ0n) is 14.7. The molecule has 0 radical (unpaired) electrons. The van der Waals surface area contributed by atoms with E-state index in [4.69, 9.17) is 11.6 Å². The summed E-state index contributed by atoms with van der Waals surface area (Å²) in [6.07, 6.45) is 2.29. The quantitative estimate of drug-likeness (QED) is 0.821. The smallest absolute Gasteiger partial charge is 0.249 e. The van der Waals surface area contributed by atoms with Gasteiger partial charge in [0.2, 0.25) is 11.9 Å². The van der Waals surface area contributed by atoms with E-state index in [0.29, 0.717) is 23.9 Å². The molecule has 0 bridgehead atoms. The van der Waals surface area contributed by atoms with Gasteiger partial charge < -0.3 is 9.80 Å². The molecule has 132 valence electrons. The van der Waals surface area contributed by atoms with Gasteiger partial charge >= 0.3 is 0 Å². The van der Waals surface area contributed by atoms with E-state index in [1.54, 1.807) is 11.0 Å². The van der Waals surface area contributed by atoms with E-state index in [0.717, 1.165) is 29.9 Å². The van der Waals surface area contributed by atoms with E-state index in [1.165, 1.54) is 0 Å². The number of aryl methyl sites for hydroxylation is 2. The van der Waals surface area contributed by atoms with Crippen LogP contribution < -0.4 is 9.80 Å². The van der Waals surface area contributed by atoms with Gasteiger partial charge in [-0.1, -0.05) is 37.6 Å². The van der Waals surface area contributed by atoms with Crippen molar-refractivity contribution in [3.8, 4) is 0 Å². The standard InChI is InChI=1S/C18H22ClN5O/c1-4-13-14(5-2)21-22-18(20-13)23(3)16-10-11-24(17(16)25)15-9-7-6-8-12(15)19/h6-9,16H,4-5,10-11H2,1-3H3. The van der Waals surface area contributed by atoms with Crippen LogP contribution >= 0.6 is 11.6 Å². The molecule has 7 heteroatoms. The molecular formula is C18H22ClN5O. The molecule has 6 nitrogen and oxygen atoms in total. The highest BCUT2D eigenvalue weighted by Gasteiger charge is 2.37. The fourth-order valence-electron chi connectivity index (χ4n) is 3.15. The van der Waals surface area contributed by atoms with E-state index in [2.05, 4.69) is 15.2 Å². The lowest BCUT2D eigenvalue weighted by Crippen LogP contribution is -2.41. The van der Waals surface area contributed by atoms with Crippen LogP contribution in [-0.4, -0.2) is 40.7 Å². The highest BCUT2D eigenvalue weighted by molar-refractivity contribution is 6.34. The van der Waals surface area contributed by atoms with Gasteiger partial charge in [0.1, 0.15) is 6.04 Å². The highest BCUT2D eigenvalue weighted by Crippen LogP contribution is 2.30. The summed E-state index contributed by atoms with van der Waals surface area (Å²) < 4.78 is 0. The molecular weight excluding hydrogens is 338 g/mol. The number of carbonyl (C=O) groups excluding carboxylic acids is 1. The first-order valence-corrected chi connectivity index (χ1v) is 8.95. The van der Waals surface area contributed by atoms with Gasteiger partial charge in [0.25, 0.3) is 0 Å². The van der Waals surface area contributed by atoms with Gasteiger partial charge in [0, 0.05) is 13.6 Å². The number of benzene rings is 1. The summed E-state index contributed by atoms with van der Waals surface area (Å²) in [4.78, 5) is 21.1. The monoisotopic (exact) mass is 359 g/mol. The Morgan fingerprint density at radius 1 is 1.20 bits per heavy atom. The van der Waals surface area contributed by atoms with Crippen LogP contribution in [0, 0.1) is 0 Å². The number of aromatic nitrogens is 3. The Labute approximate surface area is 152 Å². The van der Waals surface area contributed by atoms with Crippen LogP contribution in [-0.2, 0) is 17.6 Å². The number of hydrogen-bond donors (Lipinski definition) is 0. The van der Waals surface area contributed by atoms with Gasteiger partial charge in [-0.15, -0.1) is 5.10 Å². The molecule has 1 aromatic carbocycles. The van der Waals surface area contributed by atoms with Gasteiger partial charge in [-0.3, -0.25) is 4.79 Å². The molecule has 1 fully saturated rings. The number of rotatable bonds is 5. The summed E-state index contributed by atoms with van der Waals surface area (Å²) in [5.74, 6) is 0.505. The molecule has 1 unspecified atom stereocenters. The largest absolute Gasteiger partial charge is 0.330 e. The third kappa shape index (κ3) is 3.31. The Morgan fingerprint density at radius 3 is 2.60 bits per heavy atom. The van der Waals surface area contributed by atoms with E-state index in [-0.39, 0.29) is 11.9 Å². The minimum Gasteiger partial charge on any atom is -0.330 e. The lowest BCUT2D eigenvalue weighted by molar-refractivity contribution is -0.118. The number of amides is 1. The first-order valence-electron chi connectivity index (χ1n) is 8.58. The summed E-state index contributed by atoms with van der Waals surface area (Å²) in [5.41, 5.74) is 2.60. The number of anilines is 2.